The Morgan fingerprint density at radius 2 is 1.82 bits per heavy atom. The van der Waals surface area contributed by atoms with Crippen molar-refractivity contribution in [2.24, 2.45) is 0 Å². The third-order valence-corrected chi connectivity index (χ3v) is 4.59. The Balaban J connectivity index is 1.86. The maximum absolute atomic E-state index is 11.5. The van der Waals surface area contributed by atoms with Crippen LogP contribution in [0, 0.1) is 6.92 Å². The number of aromatic amines is 1. The number of pyridine rings is 2. The number of amides is 1. The van der Waals surface area contributed by atoms with E-state index >= 15 is 0 Å². The smallest absolute Gasteiger partial charge is 0.221 e. The summed E-state index contributed by atoms with van der Waals surface area (Å²) in [5.41, 5.74) is 4.77. The number of benzene rings is 1. The topological polar surface area (TPSA) is 82.7 Å². The Bertz CT molecular complexity index is 1110. The number of aryl methyl sites for hydroxylation is 1. The minimum absolute atomic E-state index is 0.0963. The monoisotopic (exact) mass is 371 g/mol. The van der Waals surface area contributed by atoms with Gasteiger partial charge in [-0.1, -0.05) is 12.1 Å². The van der Waals surface area contributed by atoms with Gasteiger partial charge in [-0.3, -0.25) is 9.78 Å². The minimum Gasteiger partial charge on any atom is -0.358 e. The van der Waals surface area contributed by atoms with E-state index < -0.39 is 0 Å². The van der Waals surface area contributed by atoms with Crippen molar-refractivity contribution >= 4 is 28.3 Å². The fourth-order valence-electron chi connectivity index (χ4n) is 3.44. The van der Waals surface area contributed by atoms with Crippen LogP contribution in [0.15, 0.2) is 67.0 Å². The molecule has 6 heteroatoms. The van der Waals surface area contributed by atoms with Gasteiger partial charge in [-0.15, -0.1) is 0 Å². The van der Waals surface area contributed by atoms with Crippen molar-refractivity contribution in [2.45, 2.75) is 19.9 Å². The lowest BCUT2D eigenvalue weighted by Crippen LogP contribution is -2.15. The molecule has 3 N–H and O–H groups in total. The van der Waals surface area contributed by atoms with E-state index in [9.17, 15) is 4.79 Å². The highest BCUT2D eigenvalue weighted by Gasteiger charge is 2.22. The summed E-state index contributed by atoms with van der Waals surface area (Å²) in [5.74, 6) is 0.672. The van der Waals surface area contributed by atoms with Crippen molar-refractivity contribution < 1.29 is 4.79 Å². The standard InChI is InChI=1S/C22H21N5O/c1-14-21(17-13-16(26-15(2)28)9-10-18(17)25-14)22(19-7-3-5-11-23-19)27-20-8-4-6-12-24-20/h3-13,22,25H,1-2H3,(H,24,27)(H,26,28). The molecule has 0 aliphatic heterocycles. The second-order valence-corrected chi connectivity index (χ2v) is 6.65. The van der Waals surface area contributed by atoms with Crippen LogP contribution < -0.4 is 10.6 Å². The van der Waals surface area contributed by atoms with Crippen LogP contribution in [-0.4, -0.2) is 20.9 Å². The number of carbonyl (C=O) groups is 1. The van der Waals surface area contributed by atoms with E-state index in [0.717, 1.165) is 39.4 Å². The first kappa shape index (κ1) is 17.7. The Kier molecular flexibility index (Phi) is 4.76. The van der Waals surface area contributed by atoms with E-state index in [1.807, 2.05) is 61.5 Å². The summed E-state index contributed by atoms with van der Waals surface area (Å²) < 4.78 is 0. The van der Waals surface area contributed by atoms with Crippen LogP contribution in [0.3, 0.4) is 0 Å². The molecule has 0 spiro atoms. The van der Waals surface area contributed by atoms with Crippen molar-refractivity contribution in [1.82, 2.24) is 15.0 Å². The third kappa shape index (κ3) is 3.57. The molecule has 0 fully saturated rings. The molecule has 1 atom stereocenters. The molecule has 0 saturated heterocycles. The molecule has 1 aromatic carbocycles. The van der Waals surface area contributed by atoms with Crippen LogP contribution >= 0.6 is 0 Å². The Hall–Kier alpha value is -3.67. The maximum atomic E-state index is 11.5. The van der Waals surface area contributed by atoms with Gasteiger partial charge in [0, 0.05) is 47.2 Å². The van der Waals surface area contributed by atoms with Crippen LogP contribution in [0.25, 0.3) is 10.9 Å². The van der Waals surface area contributed by atoms with Gasteiger partial charge in [0.15, 0.2) is 0 Å². The number of aromatic nitrogens is 3. The van der Waals surface area contributed by atoms with E-state index in [-0.39, 0.29) is 11.9 Å². The summed E-state index contributed by atoms with van der Waals surface area (Å²) in [6, 6.07) is 17.3. The van der Waals surface area contributed by atoms with E-state index in [0.29, 0.717) is 0 Å². The lowest BCUT2D eigenvalue weighted by Gasteiger charge is -2.20. The Morgan fingerprint density at radius 1 is 1.04 bits per heavy atom. The summed E-state index contributed by atoms with van der Waals surface area (Å²) in [4.78, 5) is 23.9. The molecule has 140 valence electrons. The van der Waals surface area contributed by atoms with Crippen molar-refractivity contribution in [2.75, 3.05) is 10.6 Å². The molecule has 0 saturated carbocycles. The van der Waals surface area contributed by atoms with Crippen LogP contribution in [0.1, 0.15) is 29.9 Å². The average molecular weight is 371 g/mol. The predicted octanol–water partition coefficient (Wildman–Crippen LogP) is 4.43. The number of hydrogen-bond donors (Lipinski definition) is 3. The molecule has 6 nitrogen and oxygen atoms in total. The van der Waals surface area contributed by atoms with Gasteiger partial charge in [-0.25, -0.2) is 4.98 Å². The number of H-pyrrole nitrogens is 1. The van der Waals surface area contributed by atoms with Gasteiger partial charge in [0.25, 0.3) is 0 Å². The normalized spacial score (nSPS) is 11.9. The van der Waals surface area contributed by atoms with Crippen LogP contribution in [0.2, 0.25) is 0 Å². The fourth-order valence-corrected chi connectivity index (χ4v) is 3.44. The number of nitrogens with one attached hydrogen (secondary N) is 3. The van der Waals surface area contributed by atoms with E-state index in [2.05, 4.69) is 25.6 Å². The van der Waals surface area contributed by atoms with Gasteiger partial charge >= 0.3 is 0 Å². The fraction of sp³-hybridized carbons (Fsp3) is 0.136. The van der Waals surface area contributed by atoms with Crippen LogP contribution in [0.5, 0.6) is 0 Å². The van der Waals surface area contributed by atoms with Gasteiger partial charge in [-0.05, 0) is 49.4 Å². The zero-order chi connectivity index (χ0) is 19.5. The highest BCUT2D eigenvalue weighted by atomic mass is 16.1. The van der Waals surface area contributed by atoms with Crippen molar-refractivity contribution in [3.63, 3.8) is 0 Å². The van der Waals surface area contributed by atoms with Crippen molar-refractivity contribution in [3.8, 4) is 0 Å². The SMILES string of the molecule is CC(=O)Nc1ccc2[nH]c(C)c(C(Nc3ccccn3)c3ccccn3)c2c1. The van der Waals surface area contributed by atoms with Crippen LogP contribution in [-0.2, 0) is 4.79 Å². The lowest BCUT2D eigenvalue weighted by molar-refractivity contribution is -0.114. The van der Waals surface area contributed by atoms with Gasteiger partial charge in [-0.2, -0.15) is 0 Å². The molecule has 1 unspecified atom stereocenters. The maximum Gasteiger partial charge on any atom is 0.221 e. The lowest BCUT2D eigenvalue weighted by atomic mass is 9.99. The second-order valence-electron chi connectivity index (χ2n) is 6.65. The number of nitrogens with zero attached hydrogens (tertiary/aromatic N) is 2. The molecule has 0 bridgehead atoms. The van der Waals surface area contributed by atoms with Crippen molar-refractivity contribution in [3.05, 3.63) is 83.9 Å². The summed E-state index contributed by atoms with van der Waals surface area (Å²) >= 11 is 0. The summed E-state index contributed by atoms with van der Waals surface area (Å²) in [7, 11) is 0. The largest absolute Gasteiger partial charge is 0.358 e. The molecule has 28 heavy (non-hydrogen) atoms. The number of anilines is 2. The molecule has 3 aromatic heterocycles. The van der Waals surface area contributed by atoms with Crippen LogP contribution in [0.4, 0.5) is 11.5 Å². The van der Waals surface area contributed by atoms with Gasteiger partial charge < -0.3 is 15.6 Å². The molecule has 4 rings (SSSR count). The quantitative estimate of drug-likeness (QED) is 0.485. The van der Waals surface area contributed by atoms with Gasteiger partial charge in [0.1, 0.15) is 5.82 Å². The predicted molar refractivity (Wildman–Crippen MR) is 111 cm³/mol. The first-order chi connectivity index (χ1) is 13.6. The first-order valence-electron chi connectivity index (χ1n) is 9.10. The van der Waals surface area contributed by atoms with E-state index in [4.69, 9.17) is 0 Å². The summed E-state index contributed by atoms with van der Waals surface area (Å²) in [6.07, 6.45) is 3.55. The molecule has 0 aliphatic rings. The zero-order valence-electron chi connectivity index (χ0n) is 15.7. The zero-order valence-corrected chi connectivity index (χ0v) is 15.7. The highest BCUT2D eigenvalue weighted by Crippen LogP contribution is 2.34. The van der Waals surface area contributed by atoms with Gasteiger partial charge in [0.05, 0.1) is 11.7 Å². The van der Waals surface area contributed by atoms with E-state index in [1.165, 1.54) is 6.92 Å². The molecule has 0 radical (unpaired) electrons. The molecular formula is C22H21N5O. The van der Waals surface area contributed by atoms with Crippen molar-refractivity contribution in [1.29, 1.82) is 0 Å². The number of rotatable bonds is 5. The number of hydrogen-bond acceptors (Lipinski definition) is 4. The van der Waals surface area contributed by atoms with E-state index in [1.54, 1.807) is 12.4 Å². The minimum atomic E-state index is -0.197. The Morgan fingerprint density at radius 3 is 2.50 bits per heavy atom. The summed E-state index contributed by atoms with van der Waals surface area (Å²) in [6.45, 7) is 3.55. The number of carbonyl (C=O) groups excluding carboxylic acids is 1. The molecule has 4 aromatic rings. The molecule has 0 aliphatic carbocycles. The highest BCUT2D eigenvalue weighted by molar-refractivity contribution is 5.94. The number of fused-ring (bicyclic) bond motifs is 1. The molecule has 1 amide bonds. The molecular weight excluding hydrogens is 350 g/mol. The first-order valence-corrected chi connectivity index (χ1v) is 9.10. The Labute approximate surface area is 163 Å². The molecule has 3 heterocycles. The van der Waals surface area contributed by atoms with Gasteiger partial charge in [0.2, 0.25) is 5.91 Å². The second kappa shape index (κ2) is 7.52. The third-order valence-electron chi connectivity index (χ3n) is 4.59. The summed E-state index contributed by atoms with van der Waals surface area (Å²) in [5, 5.41) is 7.40. The average Bonchev–Trinajstić information content (AvgIpc) is 3.02.